The number of carbonyl (C=O) groups excluding carboxylic acids is 3. The minimum absolute atomic E-state index is 0.0722. The van der Waals surface area contributed by atoms with E-state index in [9.17, 15) is 27.9 Å². The molecule has 3 aromatic rings. The average molecular weight is 722 g/mol. The molecule has 6 atom stereocenters. The summed E-state index contributed by atoms with van der Waals surface area (Å²) in [7, 11) is -3.88. The number of sulfone groups is 1. The number of benzene rings is 2. The quantitative estimate of drug-likeness (QED) is 0.189. The molecule has 1 saturated heterocycles. The van der Waals surface area contributed by atoms with E-state index in [2.05, 4.69) is 25.8 Å². The number of aromatic amines is 1. The molecule has 1 aliphatic carbocycles. The van der Waals surface area contributed by atoms with Crippen LogP contribution >= 0.6 is 0 Å². The fourth-order valence-electron chi connectivity index (χ4n) is 7.59. The molecule has 12 heteroatoms. The first-order valence-electron chi connectivity index (χ1n) is 18.1. The third-order valence-electron chi connectivity index (χ3n) is 10.8. The molecule has 2 aliphatic rings. The Morgan fingerprint density at radius 3 is 2.24 bits per heavy atom. The van der Waals surface area contributed by atoms with Crippen molar-refractivity contribution in [1.82, 2.24) is 25.8 Å². The predicted molar refractivity (Wildman–Crippen MR) is 200 cm³/mol. The zero-order valence-corrected chi connectivity index (χ0v) is 31.6. The number of H-pyrrole nitrogens is 1. The first-order valence-corrected chi connectivity index (χ1v) is 20.0. The van der Waals surface area contributed by atoms with Crippen molar-refractivity contribution in [1.29, 1.82) is 0 Å². The number of nitrogens with one attached hydrogen (secondary N) is 4. The molecule has 0 radical (unpaired) electrons. The molecule has 6 unspecified atom stereocenters. The second kappa shape index (κ2) is 15.5. The van der Waals surface area contributed by atoms with Gasteiger partial charge in [0.05, 0.1) is 22.9 Å². The molecule has 11 nitrogen and oxygen atoms in total. The van der Waals surface area contributed by atoms with Gasteiger partial charge in [-0.15, -0.1) is 0 Å². The number of hydrogen-bond acceptors (Lipinski definition) is 7. The van der Waals surface area contributed by atoms with Crippen molar-refractivity contribution in [3.8, 4) is 0 Å². The third-order valence-corrected chi connectivity index (χ3v) is 12.9. The van der Waals surface area contributed by atoms with Crippen molar-refractivity contribution in [3.63, 3.8) is 0 Å². The molecule has 278 valence electrons. The van der Waals surface area contributed by atoms with Gasteiger partial charge in [0.25, 0.3) is 5.91 Å². The van der Waals surface area contributed by atoms with Crippen LogP contribution in [0.5, 0.6) is 0 Å². The Labute approximate surface area is 302 Å². The van der Waals surface area contributed by atoms with Crippen LogP contribution in [0.25, 0.3) is 10.9 Å². The van der Waals surface area contributed by atoms with Crippen LogP contribution in [0.15, 0.2) is 60.7 Å². The molecule has 51 heavy (non-hydrogen) atoms. The molecule has 2 fully saturated rings. The maximum atomic E-state index is 14.3. The molecule has 3 amide bonds. The van der Waals surface area contributed by atoms with E-state index < -0.39 is 56.2 Å². The number of hydrogen-bond donors (Lipinski definition) is 5. The van der Waals surface area contributed by atoms with Gasteiger partial charge in [-0.05, 0) is 83.4 Å². The van der Waals surface area contributed by atoms with E-state index in [0.29, 0.717) is 24.8 Å². The van der Waals surface area contributed by atoms with Crippen LogP contribution in [0.2, 0.25) is 0 Å². The number of para-hydroxylation sites is 1. The average Bonchev–Trinajstić information content (AvgIpc) is 3.50. The smallest absolute Gasteiger partial charge is 0.268 e. The largest absolute Gasteiger partial charge is 0.390 e. The molecule has 0 bridgehead atoms. The van der Waals surface area contributed by atoms with E-state index >= 15 is 0 Å². The maximum Gasteiger partial charge on any atom is 0.268 e. The Morgan fingerprint density at radius 1 is 0.941 bits per heavy atom. The summed E-state index contributed by atoms with van der Waals surface area (Å²) < 4.78 is 24.5. The lowest BCUT2D eigenvalue weighted by atomic mass is 9.72. The summed E-state index contributed by atoms with van der Waals surface area (Å²) in [5, 5.41) is 21.6. The van der Waals surface area contributed by atoms with Gasteiger partial charge in [0, 0.05) is 35.8 Å². The van der Waals surface area contributed by atoms with Crippen molar-refractivity contribution in [2.24, 2.45) is 11.8 Å². The second-order valence-electron chi connectivity index (χ2n) is 16.2. The first-order chi connectivity index (χ1) is 23.9. The summed E-state index contributed by atoms with van der Waals surface area (Å²) >= 11 is 0. The molecule has 5 N–H and O–H groups in total. The second-order valence-corrected chi connectivity index (χ2v) is 18.8. The lowest BCUT2D eigenvalue weighted by Gasteiger charge is -2.47. The molecule has 0 spiro atoms. The molecule has 1 aromatic heterocycles. The van der Waals surface area contributed by atoms with Gasteiger partial charge in [-0.1, -0.05) is 67.8 Å². The zero-order valence-electron chi connectivity index (χ0n) is 30.7. The van der Waals surface area contributed by atoms with Crippen molar-refractivity contribution in [2.75, 3.05) is 19.3 Å². The van der Waals surface area contributed by atoms with Crippen LogP contribution < -0.4 is 16.0 Å². The van der Waals surface area contributed by atoms with Crippen LogP contribution in [0.4, 0.5) is 0 Å². The summed E-state index contributed by atoms with van der Waals surface area (Å²) in [6.07, 6.45) is 5.34. The van der Waals surface area contributed by atoms with Crippen LogP contribution in [0.3, 0.4) is 0 Å². The van der Waals surface area contributed by atoms with Crippen LogP contribution in [0.1, 0.15) is 82.8 Å². The number of likely N-dealkylation sites (tertiary alicyclic amines) is 1. The number of fused-ring (bicyclic) bond motifs is 2. The molecule has 1 saturated carbocycles. The topological polar surface area (TPSA) is 161 Å². The molecule has 1 aliphatic heterocycles. The van der Waals surface area contributed by atoms with Gasteiger partial charge >= 0.3 is 0 Å². The molecule has 5 rings (SSSR count). The number of nitrogens with zero attached hydrogens (tertiary/aromatic N) is 1. The van der Waals surface area contributed by atoms with Crippen LogP contribution in [-0.4, -0.2) is 95.0 Å². The monoisotopic (exact) mass is 721 g/mol. The van der Waals surface area contributed by atoms with Crippen molar-refractivity contribution < 1.29 is 27.9 Å². The van der Waals surface area contributed by atoms with Crippen LogP contribution in [-0.2, 0) is 25.8 Å². The number of aromatic nitrogens is 1. The number of aliphatic hydroxyl groups excluding tert-OH is 1. The van der Waals surface area contributed by atoms with Crippen LogP contribution in [0, 0.1) is 11.8 Å². The highest BCUT2D eigenvalue weighted by molar-refractivity contribution is 7.92. The minimum atomic E-state index is -3.88. The predicted octanol–water partition coefficient (Wildman–Crippen LogP) is 3.97. The number of rotatable bonds is 12. The summed E-state index contributed by atoms with van der Waals surface area (Å²) in [4.78, 5) is 46.7. The highest BCUT2D eigenvalue weighted by Crippen LogP contribution is 2.39. The number of amides is 3. The SMILES string of the molecule is CC(C)(C)NC(=O)C1CC2CCCCC2CN1CC(O)C(Cc1ccccc1)NC(=O)C(NC(=O)c1cc2ccccc2[nH]1)C(C)(C)S(C)(=O)=O. The Kier molecular flexibility index (Phi) is 11.7. The van der Waals surface area contributed by atoms with Gasteiger partial charge in [0.2, 0.25) is 11.8 Å². The van der Waals surface area contributed by atoms with Gasteiger partial charge in [0.15, 0.2) is 9.84 Å². The zero-order chi connectivity index (χ0) is 37.1. The van der Waals surface area contributed by atoms with Gasteiger partial charge in [0.1, 0.15) is 11.7 Å². The van der Waals surface area contributed by atoms with Gasteiger partial charge in [-0.2, -0.15) is 0 Å². The Balaban J connectivity index is 1.42. The van der Waals surface area contributed by atoms with E-state index in [1.54, 1.807) is 6.07 Å². The summed E-state index contributed by atoms with van der Waals surface area (Å²) in [5.74, 6) is -0.569. The Morgan fingerprint density at radius 2 is 1.59 bits per heavy atom. The normalized spacial score (nSPS) is 22.0. The van der Waals surface area contributed by atoms with Crippen molar-refractivity contribution in [2.45, 2.75) is 108 Å². The van der Waals surface area contributed by atoms with Gasteiger partial charge < -0.3 is 26.0 Å². The Bertz CT molecular complexity index is 1770. The number of carbonyl (C=O) groups is 3. The fraction of sp³-hybridized carbons (Fsp3) is 0.564. The van der Waals surface area contributed by atoms with E-state index in [1.807, 2.05) is 75.4 Å². The Hall–Kier alpha value is -3.74. The van der Waals surface area contributed by atoms with Gasteiger partial charge in [-0.3, -0.25) is 19.3 Å². The first kappa shape index (κ1) is 38.5. The lowest BCUT2D eigenvalue weighted by molar-refractivity contribution is -0.133. The highest BCUT2D eigenvalue weighted by Gasteiger charge is 2.46. The van der Waals surface area contributed by atoms with Crippen molar-refractivity contribution in [3.05, 3.63) is 71.9 Å². The molecule has 2 heterocycles. The van der Waals surface area contributed by atoms with E-state index in [4.69, 9.17) is 0 Å². The van der Waals surface area contributed by atoms with E-state index in [1.165, 1.54) is 13.8 Å². The molecular weight excluding hydrogens is 667 g/mol. The molecule has 2 aromatic carbocycles. The summed E-state index contributed by atoms with van der Waals surface area (Å²) in [6.45, 7) is 9.47. The lowest BCUT2D eigenvalue weighted by Crippen LogP contribution is -2.64. The van der Waals surface area contributed by atoms with Gasteiger partial charge in [-0.25, -0.2) is 8.42 Å². The standard InChI is InChI=1S/C39H55N5O6S/c1-38(2,3)43-36(47)32-22-26-16-10-11-18-28(26)23-44(32)24-33(45)30(20-25-14-8-7-9-15-25)41-37(48)34(39(4,5)51(6,49)50)42-35(46)31-21-27-17-12-13-19-29(27)40-31/h7-9,12-15,17,19,21,26,28,30,32-34,40,45H,10-11,16,18,20,22-24H2,1-6H3,(H,41,48)(H,42,46)(H,43,47). The fourth-order valence-corrected chi connectivity index (χ4v) is 8.18. The summed E-state index contributed by atoms with van der Waals surface area (Å²) in [5.41, 5.74) is 1.34. The maximum absolute atomic E-state index is 14.3. The number of β-amino-alcohol motifs (C(OH)–C–C–N with tert-alkyl or cyclic N) is 1. The number of aliphatic hydroxyl groups is 1. The number of piperidine rings is 1. The summed E-state index contributed by atoms with van der Waals surface area (Å²) in [6, 6.07) is 15.6. The third kappa shape index (κ3) is 9.39. The highest BCUT2D eigenvalue weighted by atomic mass is 32.2. The van der Waals surface area contributed by atoms with Crippen molar-refractivity contribution >= 4 is 38.5 Å². The minimum Gasteiger partial charge on any atom is -0.390 e. The van der Waals surface area contributed by atoms with E-state index in [-0.39, 0.29) is 24.6 Å². The molecular formula is C39H55N5O6S. The van der Waals surface area contributed by atoms with E-state index in [0.717, 1.165) is 48.4 Å².